The van der Waals surface area contributed by atoms with E-state index in [-0.39, 0.29) is 23.9 Å². The SMILES string of the molecule is COc1cc([C@@H]2C(C#N)=C(N)Oc3n[nH]c(-c4ccccc4)c32)ccc1OCc1ccc(F)cc1. The first-order chi connectivity index (χ1) is 17.1. The Balaban J connectivity index is 1.54. The number of aromatic amines is 1. The maximum atomic E-state index is 13.2. The minimum atomic E-state index is -0.530. The molecule has 3 N–H and O–H groups in total. The standard InChI is InChI=1S/C27H21FN4O3/c1-33-22-13-18(9-12-21(22)34-15-16-7-10-19(28)11-8-16)23-20(14-29)26(30)35-27-24(23)25(31-32-27)17-5-3-2-4-6-17/h2-13,23H,15,30H2,1H3,(H,31,32)/t23-/m1/s1. The lowest BCUT2D eigenvalue weighted by molar-refractivity contribution is 0.284. The van der Waals surface area contributed by atoms with Gasteiger partial charge in [-0.25, -0.2) is 4.39 Å². The summed E-state index contributed by atoms with van der Waals surface area (Å²) in [4.78, 5) is 0. The van der Waals surface area contributed by atoms with Crippen molar-refractivity contribution in [1.29, 1.82) is 5.26 Å². The Kier molecular flexibility index (Phi) is 5.81. The van der Waals surface area contributed by atoms with Crippen LogP contribution in [-0.4, -0.2) is 17.3 Å². The molecule has 174 valence electrons. The molecule has 1 aliphatic rings. The highest BCUT2D eigenvalue weighted by molar-refractivity contribution is 5.71. The van der Waals surface area contributed by atoms with Crippen molar-refractivity contribution < 1.29 is 18.6 Å². The summed E-state index contributed by atoms with van der Waals surface area (Å²) in [6.45, 7) is 0.244. The second-order valence-corrected chi connectivity index (χ2v) is 7.93. The number of nitrogens with two attached hydrogens (primary N) is 1. The van der Waals surface area contributed by atoms with Crippen molar-refractivity contribution in [3.8, 4) is 34.7 Å². The van der Waals surface area contributed by atoms with Gasteiger partial charge in [0.25, 0.3) is 0 Å². The number of hydrogen-bond acceptors (Lipinski definition) is 6. The van der Waals surface area contributed by atoms with Crippen molar-refractivity contribution in [3.05, 3.63) is 107 Å². The van der Waals surface area contributed by atoms with E-state index in [2.05, 4.69) is 16.3 Å². The Bertz CT molecular complexity index is 1440. The summed E-state index contributed by atoms with van der Waals surface area (Å²) in [7, 11) is 1.54. The van der Waals surface area contributed by atoms with E-state index in [1.54, 1.807) is 25.3 Å². The summed E-state index contributed by atoms with van der Waals surface area (Å²) >= 11 is 0. The van der Waals surface area contributed by atoms with Gasteiger partial charge in [-0.05, 0) is 41.0 Å². The molecular weight excluding hydrogens is 447 g/mol. The van der Waals surface area contributed by atoms with E-state index in [0.29, 0.717) is 22.9 Å². The van der Waals surface area contributed by atoms with Gasteiger partial charge in [-0.3, -0.25) is 5.10 Å². The van der Waals surface area contributed by atoms with Crippen LogP contribution in [0.5, 0.6) is 17.4 Å². The molecule has 0 unspecified atom stereocenters. The smallest absolute Gasteiger partial charge is 0.244 e. The van der Waals surface area contributed by atoms with Gasteiger partial charge in [0.2, 0.25) is 11.8 Å². The number of ether oxygens (including phenoxy) is 3. The highest BCUT2D eigenvalue weighted by Crippen LogP contribution is 2.47. The number of allylic oxidation sites excluding steroid dienone is 1. The number of nitrogens with one attached hydrogen (secondary N) is 1. The summed E-state index contributed by atoms with van der Waals surface area (Å²) in [6, 6.07) is 23.4. The lowest BCUT2D eigenvalue weighted by atomic mass is 9.83. The molecule has 5 rings (SSSR count). The number of methoxy groups -OCH3 is 1. The van der Waals surface area contributed by atoms with Crippen LogP contribution in [0, 0.1) is 17.1 Å². The van der Waals surface area contributed by atoms with E-state index in [1.807, 2.05) is 42.5 Å². The van der Waals surface area contributed by atoms with Gasteiger partial charge in [-0.1, -0.05) is 48.5 Å². The summed E-state index contributed by atoms with van der Waals surface area (Å²) in [5.74, 6) is 0.490. The number of hydrogen-bond donors (Lipinski definition) is 2. The molecule has 0 amide bonds. The van der Waals surface area contributed by atoms with Crippen LogP contribution in [0.15, 0.2) is 84.3 Å². The third-order valence-corrected chi connectivity index (χ3v) is 5.83. The fourth-order valence-corrected chi connectivity index (χ4v) is 4.13. The zero-order valence-corrected chi connectivity index (χ0v) is 18.8. The molecule has 0 radical (unpaired) electrons. The van der Waals surface area contributed by atoms with Gasteiger partial charge in [0.15, 0.2) is 11.5 Å². The van der Waals surface area contributed by atoms with Crippen LogP contribution in [-0.2, 0) is 6.61 Å². The van der Waals surface area contributed by atoms with Gasteiger partial charge in [-0.15, -0.1) is 5.10 Å². The molecule has 1 aliphatic heterocycles. The Labute approximate surface area is 201 Å². The highest BCUT2D eigenvalue weighted by Gasteiger charge is 2.36. The van der Waals surface area contributed by atoms with Crippen LogP contribution in [0.2, 0.25) is 0 Å². The monoisotopic (exact) mass is 468 g/mol. The third-order valence-electron chi connectivity index (χ3n) is 5.83. The molecule has 0 fully saturated rings. The zero-order valence-electron chi connectivity index (χ0n) is 18.8. The first-order valence-corrected chi connectivity index (χ1v) is 10.9. The van der Waals surface area contributed by atoms with E-state index < -0.39 is 5.92 Å². The van der Waals surface area contributed by atoms with E-state index in [0.717, 1.165) is 22.4 Å². The number of aromatic nitrogens is 2. The van der Waals surface area contributed by atoms with E-state index in [4.69, 9.17) is 19.9 Å². The average Bonchev–Trinajstić information content (AvgIpc) is 3.31. The molecule has 8 heteroatoms. The van der Waals surface area contributed by atoms with Crippen LogP contribution < -0.4 is 19.9 Å². The lowest BCUT2D eigenvalue weighted by Gasteiger charge is -2.25. The Hall–Kier alpha value is -4.77. The minimum Gasteiger partial charge on any atom is -0.493 e. The largest absolute Gasteiger partial charge is 0.493 e. The quantitative estimate of drug-likeness (QED) is 0.412. The molecule has 0 saturated carbocycles. The van der Waals surface area contributed by atoms with Gasteiger partial charge in [0, 0.05) is 0 Å². The van der Waals surface area contributed by atoms with E-state index >= 15 is 0 Å². The molecule has 0 saturated heterocycles. The minimum absolute atomic E-state index is 0.00622. The van der Waals surface area contributed by atoms with Crippen LogP contribution in [0.1, 0.15) is 22.6 Å². The maximum Gasteiger partial charge on any atom is 0.244 e. The topological polar surface area (TPSA) is 106 Å². The van der Waals surface area contributed by atoms with Gasteiger partial charge in [-0.2, -0.15) is 5.26 Å². The normalized spacial score (nSPS) is 14.6. The number of benzene rings is 3. The number of nitriles is 1. The molecule has 0 aliphatic carbocycles. The van der Waals surface area contributed by atoms with Gasteiger partial charge in [0.05, 0.1) is 24.3 Å². The number of H-pyrrole nitrogens is 1. The Morgan fingerprint density at radius 2 is 1.86 bits per heavy atom. The number of halogens is 1. The van der Waals surface area contributed by atoms with Crippen LogP contribution in [0.3, 0.4) is 0 Å². The molecule has 7 nitrogen and oxygen atoms in total. The number of nitrogens with zero attached hydrogens (tertiary/aromatic N) is 2. The predicted octanol–water partition coefficient (Wildman–Crippen LogP) is 5.02. The molecule has 2 heterocycles. The molecule has 35 heavy (non-hydrogen) atoms. The van der Waals surface area contributed by atoms with E-state index in [9.17, 15) is 9.65 Å². The summed E-state index contributed by atoms with van der Waals surface area (Å²) in [6.07, 6.45) is 0. The second kappa shape index (κ2) is 9.23. The summed E-state index contributed by atoms with van der Waals surface area (Å²) in [5, 5.41) is 17.3. The lowest BCUT2D eigenvalue weighted by Crippen LogP contribution is -2.21. The van der Waals surface area contributed by atoms with Crippen LogP contribution >= 0.6 is 0 Å². The Morgan fingerprint density at radius 1 is 1.09 bits per heavy atom. The Morgan fingerprint density at radius 3 is 2.57 bits per heavy atom. The van der Waals surface area contributed by atoms with Gasteiger partial charge in [0.1, 0.15) is 24.1 Å². The highest BCUT2D eigenvalue weighted by atomic mass is 19.1. The van der Waals surface area contributed by atoms with Crippen LogP contribution in [0.4, 0.5) is 4.39 Å². The summed E-state index contributed by atoms with van der Waals surface area (Å²) < 4.78 is 30.4. The number of fused-ring (bicyclic) bond motifs is 1. The summed E-state index contributed by atoms with van der Waals surface area (Å²) in [5.41, 5.74) is 10.3. The van der Waals surface area contributed by atoms with E-state index in [1.165, 1.54) is 12.1 Å². The van der Waals surface area contributed by atoms with Gasteiger partial charge >= 0.3 is 0 Å². The molecule has 0 bridgehead atoms. The van der Waals surface area contributed by atoms with Crippen molar-refractivity contribution in [1.82, 2.24) is 10.2 Å². The van der Waals surface area contributed by atoms with Crippen molar-refractivity contribution in [3.63, 3.8) is 0 Å². The van der Waals surface area contributed by atoms with Crippen molar-refractivity contribution in [2.75, 3.05) is 7.11 Å². The molecular formula is C27H21FN4O3. The third kappa shape index (κ3) is 4.15. The van der Waals surface area contributed by atoms with Crippen molar-refractivity contribution in [2.45, 2.75) is 12.5 Å². The second-order valence-electron chi connectivity index (χ2n) is 7.93. The maximum absolute atomic E-state index is 13.2. The number of rotatable bonds is 6. The van der Waals surface area contributed by atoms with Crippen LogP contribution in [0.25, 0.3) is 11.3 Å². The molecule has 1 aromatic heterocycles. The zero-order chi connectivity index (χ0) is 24.4. The molecule has 1 atom stereocenters. The van der Waals surface area contributed by atoms with Crippen molar-refractivity contribution >= 4 is 0 Å². The average molecular weight is 468 g/mol. The molecule has 3 aromatic carbocycles. The predicted molar refractivity (Wildman–Crippen MR) is 127 cm³/mol. The fraction of sp³-hybridized carbons (Fsp3) is 0.111. The first kappa shape index (κ1) is 22.0. The molecule has 4 aromatic rings. The fourth-order valence-electron chi connectivity index (χ4n) is 4.13. The van der Waals surface area contributed by atoms with Crippen molar-refractivity contribution in [2.24, 2.45) is 5.73 Å². The molecule has 0 spiro atoms. The van der Waals surface area contributed by atoms with Gasteiger partial charge < -0.3 is 19.9 Å². The first-order valence-electron chi connectivity index (χ1n) is 10.9.